The molecule has 3 atom stereocenters. The number of carboxylic acid groups (broad SMARTS) is 1. The average Bonchev–Trinajstić information content (AvgIpc) is 2.28. The zero-order valence-electron chi connectivity index (χ0n) is 10.5. The Hall–Kier alpha value is -0.610. The summed E-state index contributed by atoms with van der Waals surface area (Å²) in [4.78, 5) is 11.0. The summed E-state index contributed by atoms with van der Waals surface area (Å²) in [5.41, 5.74) is -0.260. The highest BCUT2D eigenvalue weighted by molar-refractivity contribution is 5.70. The van der Waals surface area contributed by atoms with E-state index in [2.05, 4.69) is 0 Å². The molecule has 0 aromatic carbocycles. The van der Waals surface area contributed by atoms with Gasteiger partial charge in [0.05, 0.1) is 17.6 Å². The summed E-state index contributed by atoms with van der Waals surface area (Å²) in [5.74, 6) is -0.720. The van der Waals surface area contributed by atoms with E-state index < -0.39 is 5.97 Å². The van der Waals surface area contributed by atoms with E-state index in [0.717, 1.165) is 6.42 Å². The Bertz CT molecular complexity index is 249. The summed E-state index contributed by atoms with van der Waals surface area (Å²) in [6, 6.07) is 0. The van der Waals surface area contributed by atoms with Crippen molar-refractivity contribution in [2.75, 3.05) is 14.2 Å². The van der Waals surface area contributed by atoms with Crippen LogP contribution in [0.5, 0.6) is 0 Å². The third-order valence-corrected chi connectivity index (χ3v) is 3.86. The lowest BCUT2D eigenvalue weighted by atomic mass is 9.72. The molecule has 0 saturated heterocycles. The quantitative estimate of drug-likeness (QED) is 0.801. The molecule has 94 valence electrons. The average molecular weight is 230 g/mol. The largest absolute Gasteiger partial charge is 0.481 e. The molecular formula is C12H22O4. The smallest absolute Gasteiger partial charge is 0.306 e. The molecule has 0 heterocycles. The van der Waals surface area contributed by atoms with Gasteiger partial charge in [0.1, 0.15) is 0 Å². The van der Waals surface area contributed by atoms with Crippen LogP contribution in [0.25, 0.3) is 0 Å². The van der Waals surface area contributed by atoms with Crippen LogP contribution in [0.3, 0.4) is 0 Å². The second-order valence-corrected chi connectivity index (χ2v) is 5.04. The molecule has 0 amide bonds. The van der Waals surface area contributed by atoms with Crippen LogP contribution in [-0.2, 0) is 14.3 Å². The van der Waals surface area contributed by atoms with Crippen LogP contribution < -0.4 is 0 Å². The zero-order valence-corrected chi connectivity index (χ0v) is 10.5. The van der Waals surface area contributed by atoms with Crippen molar-refractivity contribution in [2.24, 2.45) is 11.8 Å². The summed E-state index contributed by atoms with van der Waals surface area (Å²) in [6.45, 7) is 4.07. The van der Waals surface area contributed by atoms with Crippen molar-refractivity contribution in [1.29, 1.82) is 0 Å². The lowest BCUT2D eigenvalue weighted by Crippen LogP contribution is -2.46. The Kier molecular flexibility index (Phi) is 4.33. The van der Waals surface area contributed by atoms with Gasteiger partial charge in [0.2, 0.25) is 0 Å². The van der Waals surface area contributed by atoms with E-state index in [-0.39, 0.29) is 23.5 Å². The topological polar surface area (TPSA) is 55.8 Å². The lowest BCUT2D eigenvalue weighted by Gasteiger charge is -2.42. The van der Waals surface area contributed by atoms with Crippen molar-refractivity contribution in [3.05, 3.63) is 0 Å². The number of hydrogen-bond donors (Lipinski definition) is 1. The monoisotopic (exact) mass is 230 g/mol. The molecule has 1 aliphatic rings. The molecule has 1 rings (SSSR count). The number of ether oxygens (including phenoxy) is 2. The summed E-state index contributed by atoms with van der Waals surface area (Å²) < 4.78 is 10.9. The Morgan fingerprint density at radius 1 is 1.31 bits per heavy atom. The Balaban J connectivity index is 2.72. The van der Waals surface area contributed by atoms with Crippen LogP contribution in [0.15, 0.2) is 0 Å². The van der Waals surface area contributed by atoms with Gasteiger partial charge >= 0.3 is 5.97 Å². The fraction of sp³-hybridized carbons (Fsp3) is 0.917. The van der Waals surface area contributed by atoms with E-state index in [9.17, 15) is 4.79 Å². The van der Waals surface area contributed by atoms with Crippen molar-refractivity contribution in [1.82, 2.24) is 0 Å². The summed E-state index contributed by atoms with van der Waals surface area (Å²) >= 11 is 0. The van der Waals surface area contributed by atoms with Crippen molar-refractivity contribution >= 4 is 5.97 Å². The van der Waals surface area contributed by atoms with Gasteiger partial charge in [-0.15, -0.1) is 0 Å². The molecule has 4 heteroatoms. The van der Waals surface area contributed by atoms with Crippen LogP contribution in [-0.4, -0.2) is 37.0 Å². The molecule has 0 spiro atoms. The highest BCUT2D eigenvalue weighted by Gasteiger charge is 2.41. The van der Waals surface area contributed by atoms with Gasteiger partial charge in [0, 0.05) is 20.1 Å². The predicted molar refractivity (Wildman–Crippen MR) is 60.4 cm³/mol. The predicted octanol–water partition coefficient (Wildman–Crippen LogP) is 1.93. The minimum atomic E-state index is -0.712. The van der Waals surface area contributed by atoms with E-state index in [1.54, 1.807) is 14.2 Å². The second kappa shape index (κ2) is 5.15. The number of rotatable bonds is 4. The SMILES string of the molecule is COC1CC(C(=O)O)CCC1C(C)(C)OC. The normalized spacial score (nSPS) is 31.4. The first kappa shape index (κ1) is 13.5. The minimum Gasteiger partial charge on any atom is -0.481 e. The molecule has 1 N–H and O–H groups in total. The van der Waals surface area contributed by atoms with E-state index in [1.807, 2.05) is 13.8 Å². The van der Waals surface area contributed by atoms with E-state index in [1.165, 1.54) is 0 Å². The van der Waals surface area contributed by atoms with Gasteiger partial charge < -0.3 is 14.6 Å². The molecule has 1 saturated carbocycles. The van der Waals surface area contributed by atoms with Gasteiger partial charge in [-0.25, -0.2) is 0 Å². The Morgan fingerprint density at radius 2 is 1.94 bits per heavy atom. The molecule has 0 aliphatic heterocycles. The summed E-state index contributed by atoms with van der Waals surface area (Å²) in [6.07, 6.45) is 2.12. The highest BCUT2D eigenvalue weighted by atomic mass is 16.5. The third kappa shape index (κ3) is 2.74. The second-order valence-electron chi connectivity index (χ2n) is 5.04. The highest BCUT2D eigenvalue weighted by Crippen LogP contribution is 2.38. The van der Waals surface area contributed by atoms with Crippen molar-refractivity contribution in [2.45, 2.75) is 44.8 Å². The first-order valence-corrected chi connectivity index (χ1v) is 5.73. The van der Waals surface area contributed by atoms with Gasteiger partial charge in [-0.3, -0.25) is 4.79 Å². The number of carbonyl (C=O) groups is 1. The molecule has 0 radical (unpaired) electrons. The molecular weight excluding hydrogens is 208 g/mol. The third-order valence-electron chi connectivity index (χ3n) is 3.86. The molecule has 1 fully saturated rings. The van der Waals surface area contributed by atoms with E-state index in [0.29, 0.717) is 12.8 Å². The first-order chi connectivity index (χ1) is 7.42. The van der Waals surface area contributed by atoms with Gasteiger partial charge in [-0.2, -0.15) is 0 Å². The fourth-order valence-corrected chi connectivity index (χ4v) is 2.56. The number of hydrogen-bond acceptors (Lipinski definition) is 3. The van der Waals surface area contributed by atoms with Crippen LogP contribution in [0.4, 0.5) is 0 Å². The Labute approximate surface area is 96.9 Å². The van der Waals surface area contributed by atoms with Crippen LogP contribution in [0, 0.1) is 11.8 Å². The maximum absolute atomic E-state index is 11.0. The van der Waals surface area contributed by atoms with Gasteiger partial charge in [-0.05, 0) is 33.1 Å². The Morgan fingerprint density at radius 3 is 2.38 bits per heavy atom. The van der Waals surface area contributed by atoms with E-state index in [4.69, 9.17) is 14.6 Å². The molecule has 16 heavy (non-hydrogen) atoms. The van der Waals surface area contributed by atoms with Gasteiger partial charge in [0.15, 0.2) is 0 Å². The van der Waals surface area contributed by atoms with Crippen LogP contribution in [0.2, 0.25) is 0 Å². The molecule has 0 aromatic heterocycles. The van der Waals surface area contributed by atoms with Crippen molar-refractivity contribution < 1.29 is 19.4 Å². The van der Waals surface area contributed by atoms with Gasteiger partial charge in [0.25, 0.3) is 0 Å². The molecule has 4 nitrogen and oxygen atoms in total. The number of carboxylic acids is 1. The molecule has 3 unspecified atom stereocenters. The standard InChI is InChI=1S/C12H22O4/c1-12(2,16-4)9-6-5-8(11(13)14)7-10(9)15-3/h8-10H,5-7H2,1-4H3,(H,13,14). The zero-order chi connectivity index (χ0) is 12.3. The summed E-state index contributed by atoms with van der Waals surface area (Å²) in [7, 11) is 3.34. The minimum absolute atomic E-state index is 0.0233. The molecule has 0 bridgehead atoms. The molecule has 0 aromatic rings. The lowest BCUT2D eigenvalue weighted by molar-refractivity contribution is -0.151. The maximum atomic E-state index is 11.0. The first-order valence-electron chi connectivity index (χ1n) is 5.73. The number of methoxy groups -OCH3 is 2. The van der Waals surface area contributed by atoms with E-state index >= 15 is 0 Å². The molecule has 1 aliphatic carbocycles. The maximum Gasteiger partial charge on any atom is 0.306 e. The summed E-state index contributed by atoms with van der Waals surface area (Å²) in [5, 5.41) is 9.01. The van der Waals surface area contributed by atoms with Gasteiger partial charge in [-0.1, -0.05) is 0 Å². The van der Waals surface area contributed by atoms with Crippen molar-refractivity contribution in [3.63, 3.8) is 0 Å². The van der Waals surface area contributed by atoms with Crippen LogP contribution in [0.1, 0.15) is 33.1 Å². The number of aliphatic carboxylic acids is 1. The fourth-order valence-electron chi connectivity index (χ4n) is 2.56. The van der Waals surface area contributed by atoms with Crippen molar-refractivity contribution in [3.8, 4) is 0 Å². The van der Waals surface area contributed by atoms with Crippen LogP contribution >= 0.6 is 0 Å².